The summed E-state index contributed by atoms with van der Waals surface area (Å²) in [6.45, 7) is 0. The molecule has 1 aromatic carbocycles. The molecular formula is C14H18O6. The highest BCUT2D eigenvalue weighted by Crippen LogP contribution is 2.46. The van der Waals surface area contributed by atoms with Gasteiger partial charge in [0.15, 0.2) is 11.5 Å². The Bertz CT molecular complexity index is 507. The van der Waals surface area contributed by atoms with E-state index in [0.29, 0.717) is 28.6 Å². The van der Waals surface area contributed by atoms with Crippen LogP contribution in [-0.2, 0) is 9.53 Å². The van der Waals surface area contributed by atoms with E-state index in [0.717, 1.165) is 0 Å². The number of carbonyl (C=O) groups excluding carboxylic acids is 1. The number of rotatable bonds is 6. The molecule has 0 aliphatic rings. The highest BCUT2D eigenvalue weighted by atomic mass is 16.5. The summed E-state index contributed by atoms with van der Waals surface area (Å²) in [5.41, 5.74) is 0.604. The van der Waals surface area contributed by atoms with Crippen molar-refractivity contribution in [3.63, 3.8) is 0 Å². The summed E-state index contributed by atoms with van der Waals surface area (Å²) in [7, 11) is 7.31. The minimum atomic E-state index is -0.471. The van der Waals surface area contributed by atoms with Gasteiger partial charge in [-0.1, -0.05) is 0 Å². The van der Waals surface area contributed by atoms with Crippen molar-refractivity contribution in [1.29, 1.82) is 0 Å². The fraction of sp³-hybridized carbons (Fsp3) is 0.357. The topological polar surface area (TPSA) is 63.2 Å². The van der Waals surface area contributed by atoms with Crippen molar-refractivity contribution in [1.82, 2.24) is 0 Å². The van der Waals surface area contributed by atoms with Gasteiger partial charge in [0.05, 0.1) is 35.5 Å². The second-order valence-corrected chi connectivity index (χ2v) is 3.62. The molecule has 0 unspecified atom stereocenters. The predicted molar refractivity (Wildman–Crippen MR) is 73.7 cm³/mol. The minimum Gasteiger partial charge on any atom is -0.493 e. The Kier molecular flexibility index (Phi) is 5.71. The van der Waals surface area contributed by atoms with Gasteiger partial charge in [0.25, 0.3) is 0 Å². The average molecular weight is 282 g/mol. The molecule has 110 valence electrons. The van der Waals surface area contributed by atoms with E-state index in [9.17, 15) is 4.79 Å². The second-order valence-electron chi connectivity index (χ2n) is 3.62. The molecule has 0 saturated heterocycles. The first-order valence-corrected chi connectivity index (χ1v) is 5.75. The largest absolute Gasteiger partial charge is 0.493 e. The van der Waals surface area contributed by atoms with Gasteiger partial charge in [-0.15, -0.1) is 0 Å². The van der Waals surface area contributed by atoms with Crippen molar-refractivity contribution in [2.24, 2.45) is 0 Å². The van der Waals surface area contributed by atoms with Gasteiger partial charge in [-0.05, 0) is 12.1 Å². The molecule has 6 nitrogen and oxygen atoms in total. The van der Waals surface area contributed by atoms with Crippen molar-refractivity contribution < 1.29 is 28.5 Å². The number of esters is 1. The molecule has 0 heterocycles. The zero-order valence-corrected chi connectivity index (χ0v) is 12.2. The summed E-state index contributed by atoms with van der Waals surface area (Å²) in [5, 5.41) is 0. The number of carbonyl (C=O) groups is 1. The number of methoxy groups -OCH3 is 5. The Labute approximate surface area is 117 Å². The first kappa shape index (κ1) is 15.7. The van der Waals surface area contributed by atoms with Gasteiger partial charge in [0.1, 0.15) is 0 Å². The third-order valence-electron chi connectivity index (χ3n) is 2.62. The molecule has 0 spiro atoms. The molecular weight excluding hydrogens is 264 g/mol. The maximum absolute atomic E-state index is 11.2. The molecule has 0 aromatic heterocycles. The van der Waals surface area contributed by atoms with Crippen molar-refractivity contribution in [3.8, 4) is 23.0 Å². The second kappa shape index (κ2) is 7.28. The van der Waals surface area contributed by atoms with Crippen LogP contribution in [0, 0.1) is 0 Å². The quantitative estimate of drug-likeness (QED) is 0.586. The van der Waals surface area contributed by atoms with E-state index in [1.165, 1.54) is 41.6 Å². The number of hydrogen-bond donors (Lipinski definition) is 0. The summed E-state index contributed by atoms with van der Waals surface area (Å²) >= 11 is 0. The fourth-order valence-corrected chi connectivity index (χ4v) is 1.71. The van der Waals surface area contributed by atoms with Gasteiger partial charge < -0.3 is 23.7 Å². The van der Waals surface area contributed by atoms with Crippen molar-refractivity contribution in [2.75, 3.05) is 35.5 Å². The van der Waals surface area contributed by atoms with Crippen LogP contribution < -0.4 is 18.9 Å². The van der Waals surface area contributed by atoms with E-state index in [1.807, 2.05) is 0 Å². The van der Waals surface area contributed by atoms with Gasteiger partial charge in [0, 0.05) is 11.6 Å². The zero-order chi connectivity index (χ0) is 15.1. The lowest BCUT2D eigenvalue weighted by atomic mass is 10.1. The van der Waals surface area contributed by atoms with E-state index in [1.54, 1.807) is 12.1 Å². The molecule has 0 aliphatic carbocycles. The van der Waals surface area contributed by atoms with Crippen LogP contribution in [0.3, 0.4) is 0 Å². The fourth-order valence-electron chi connectivity index (χ4n) is 1.71. The molecule has 0 saturated carbocycles. The molecule has 0 bridgehead atoms. The smallest absolute Gasteiger partial charge is 0.330 e. The van der Waals surface area contributed by atoms with E-state index in [-0.39, 0.29) is 0 Å². The highest BCUT2D eigenvalue weighted by Gasteiger charge is 2.20. The van der Waals surface area contributed by atoms with Crippen LogP contribution in [0.4, 0.5) is 0 Å². The first-order chi connectivity index (χ1) is 9.62. The first-order valence-electron chi connectivity index (χ1n) is 5.75. The van der Waals surface area contributed by atoms with Crippen LogP contribution in [0.1, 0.15) is 5.56 Å². The Morgan fingerprint density at radius 1 is 0.900 bits per heavy atom. The minimum absolute atomic E-state index is 0.388. The van der Waals surface area contributed by atoms with E-state index in [2.05, 4.69) is 4.74 Å². The standard InChI is InChI=1S/C14H18O6/c1-16-10-8-9(6-7-11(15)17-2)12(18-3)14(20-5)13(10)19-4/h6-8H,1-5H3. The third kappa shape index (κ3) is 3.14. The molecule has 0 radical (unpaired) electrons. The Balaban J connectivity index is 3.43. The van der Waals surface area contributed by atoms with Crippen molar-refractivity contribution in [3.05, 3.63) is 17.7 Å². The lowest BCUT2D eigenvalue weighted by molar-refractivity contribution is -0.134. The molecule has 0 fully saturated rings. The SMILES string of the molecule is COC(=O)C=Cc1cc(OC)c(OC)c(OC)c1OC. The molecule has 20 heavy (non-hydrogen) atoms. The van der Waals surface area contributed by atoms with E-state index >= 15 is 0 Å². The summed E-state index contributed by atoms with van der Waals surface area (Å²) in [6.07, 6.45) is 2.83. The van der Waals surface area contributed by atoms with E-state index in [4.69, 9.17) is 18.9 Å². The summed E-state index contributed by atoms with van der Waals surface area (Å²) in [6, 6.07) is 1.68. The molecule has 1 aromatic rings. The highest BCUT2D eigenvalue weighted by molar-refractivity contribution is 5.88. The van der Waals surface area contributed by atoms with Gasteiger partial charge in [-0.25, -0.2) is 4.79 Å². The van der Waals surface area contributed by atoms with Gasteiger partial charge >= 0.3 is 5.97 Å². The van der Waals surface area contributed by atoms with Crippen molar-refractivity contribution in [2.45, 2.75) is 0 Å². The third-order valence-corrected chi connectivity index (χ3v) is 2.62. The molecule has 0 aliphatic heterocycles. The average Bonchev–Trinajstić information content (AvgIpc) is 2.50. The summed E-state index contributed by atoms with van der Waals surface area (Å²) in [5.74, 6) is 1.24. The monoisotopic (exact) mass is 282 g/mol. The van der Waals surface area contributed by atoms with Crippen LogP contribution in [-0.4, -0.2) is 41.5 Å². The van der Waals surface area contributed by atoms with Gasteiger partial charge in [0.2, 0.25) is 11.5 Å². The molecule has 6 heteroatoms. The van der Waals surface area contributed by atoms with Crippen LogP contribution in [0.25, 0.3) is 6.08 Å². The van der Waals surface area contributed by atoms with Crippen LogP contribution in [0.2, 0.25) is 0 Å². The maximum Gasteiger partial charge on any atom is 0.330 e. The lowest BCUT2D eigenvalue weighted by Gasteiger charge is -2.17. The predicted octanol–water partition coefficient (Wildman–Crippen LogP) is 1.91. The molecule has 1 rings (SSSR count). The van der Waals surface area contributed by atoms with Crippen LogP contribution in [0.5, 0.6) is 23.0 Å². The lowest BCUT2D eigenvalue weighted by Crippen LogP contribution is -2.00. The zero-order valence-electron chi connectivity index (χ0n) is 12.2. The van der Waals surface area contributed by atoms with E-state index < -0.39 is 5.97 Å². The van der Waals surface area contributed by atoms with Crippen LogP contribution in [0.15, 0.2) is 12.1 Å². The molecule has 0 atom stereocenters. The van der Waals surface area contributed by atoms with Gasteiger partial charge in [-0.3, -0.25) is 0 Å². The van der Waals surface area contributed by atoms with Crippen molar-refractivity contribution >= 4 is 12.0 Å². The maximum atomic E-state index is 11.2. The Morgan fingerprint density at radius 3 is 1.95 bits per heavy atom. The summed E-state index contributed by atoms with van der Waals surface area (Å²) in [4.78, 5) is 11.2. The number of ether oxygens (including phenoxy) is 5. The Morgan fingerprint density at radius 2 is 1.50 bits per heavy atom. The van der Waals surface area contributed by atoms with Crippen LogP contribution >= 0.6 is 0 Å². The summed E-state index contributed by atoms with van der Waals surface area (Å²) < 4.78 is 25.7. The normalized spacial score (nSPS) is 10.2. The molecule has 0 amide bonds. The Hall–Kier alpha value is -2.37. The number of hydrogen-bond acceptors (Lipinski definition) is 6. The van der Waals surface area contributed by atoms with Gasteiger partial charge in [-0.2, -0.15) is 0 Å². The number of benzene rings is 1. The molecule has 0 N–H and O–H groups in total.